The maximum Gasteiger partial charge on any atom is 0.297 e. The molecule has 0 unspecified atom stereocenters. The molecule has 0 atom stereocenters. The van der Waals surface area contributed by atoms with Crippen LogP contribution < -0.4 is 5.73 Å². The lowest BCUT2D eigenvalue weighted by atomic mass is 10.3. The second-order valence-electron chi connectivity index (χ2n) is 2.49. The summed E-state index contributed by atoms with van der Waals surface area (Å²) in [5, 5.41) is 0.407. The number of thiazole rings is 1. The summed E-state index contributed by atoms with van der Waals surface area (Å²) in [7, 11) is 0. The highest BCUT2D eigenvalue weighted by Gasteiger charge is 2.11. The van der Waals surface area contributed by atoms with Crippen molar-refractivity contribution in [2.45, 2.75) is 4.90 Å². The molecular weight excluding hydrogens is 221 g/mol. The van der Waals surface area contributed by atoms with Crippen LogP contribution in [0.1, 0.15) is 0 Å². The maximum atomic E-state index is 13.3. The third-order valence-corrected chi connectivity index (χ3v) is 3.05. The van der Waals surface area contributed by atoms with E-state index in [1.54, 1.807) is 6.07 Å². The van der Waals surface area contributed by atoms with E-state index in [1.807, 2.05) is 0 Å². The molecule has 0 saturated carbocycles. The molecule has 1 heterocycles. The van der Waals surface area contributed by atoms with Gasteiger partial charge in [0.1, 0.15) is 10.7 Å². The van der Waals surface area contributed by atoms with Crippen LogP contribution in [0.15, 0.2) is 17.0 Å². The van der Waals surface area contributed by atoms with Gasteiger partial charge in [0.2, 0.25) is 0 Å². The van der Waals surface area contributed by atoms with E-state index in [9.17, 15) is 4.39 Å². The molecule has 2 N–H and O–H groups in total. The minimum absolute atomic E-state index is 0.316. The molecule has 70 valence electrons. The van der Waals surface area contributed by atoms with E-state index in [2.05, 4.69) is 9.23 Å². The first-order chi connectivity index (χ1) is 6.70. The fourth-order valence-electron chi connectivity index (χ4n) is 1.07. The number of nitrogens with two attached hydrogens (primary N) is 1. The van der Waals surface area contributed by atoms with Crippen LogP contribution >= 0.6 is 23.3 Å². The van der Waals surface area contributed by atoms with Crippen LogP contribution in [-0.4, -0.2) is 4.98 Å². The normalized spacial score (nSPS) is 10.3. The van der Waals surface area contributed by atoms with E-state index < -0.39 is 5.82 Å². The monoisotopic (exact) mass is 225 g/mol. The number of rotatable bonds is 1. The first-order valence-corrected chi connectivity index (χ1v) is 5.19. The van der Waals surface area contributed by atoms with E-state index in [-0.39, 0.29) is 0 Å². The number of aromatic nitrogens is 1. The summed E-state index contributed by atoms with van der Waals surface area (Å²) in [5.41, 5.74) is 6.02. The standard InChI is InChI=1S/C8H4FN3S2/c1-11-14-6-3-7-5(2-4(6)9)12-8(10)13-7/h2-3H,(H2,10,12). The number of halogens is 1. The zero-order valence-electron chi connectivity index (χ0n) is 6.82. The lowest BCUT2D eigenvalue weighted by Crippen LogP contribution is -1.81. The molecule has 14 heavy (non-hydrogen) atoms. The van der Waals surface area contributed by atoms with Crippen LogP contribution in [0.5, 0.6) is 0 Å². The van der Waals surface area contributed by atoms with Crippen LogP contribution in [0.2, 0.25) is 0 Å². The van der Waals surface area contributed by atoms with Crippen molar-refractivity contribution in [3.05, 3.63) is 28.8 Å². The molecule has 6 heteroatoms. The molecule has 0 aliphatic carbocycles. The minimum Gasteiger partial charge on any atom is -0.375 e. The summed E-state index contributed by atoms with van der Waals surface area (Å²) in [6.07, 6.45) is 0. The summed E-state index contributed by atoms with van der Waals surface area (Å²) in [5.74, 6) is -0.427. The molecule has 0 aliphatic heterocycles. The Hall–Kier alpha value is -1.32. The number of benzene rings is 1. The number of fused-ring (bicyclic) bond motifs is 1. The van der Waals surface area contributed by atoms with Crippen molar-refractivity contribution in [2.24, 2.45) is 0 Å². The molecule has 0 saturated heterocycles. The largest absolute Gasteiger partial charge is 0.375 e. The Bertz CT molecular complexity index is 529. The Morgan fingerprint density at radius 2 is 2.36 bits per heavy atom. The first-order valence-electron chi connectivity index (χ1n) is 3.60. The maximum absolute atomic E-state index is 13.3. The fourth-order valence-corrected chi connectivity index (χ4v) is 2.31. The fraction of sp³-hybridized carbons (Fsp3) is 0. The Morgan fingerprint density at radius 1 is 1.57 bits per heavy atom. The van der Waals surface area contributed by atoms with E-state index in [0.717, 1.165) is 16.6 Å². The van der Waals surface area contributed by atoms with E-state index in [1.165, 1.54) is 17.4 Å². The first kappa shape index (κ1) is 9.24. The Labute approximate surface area is 87.7 Å². The molecule has 1 aromatic carbocycles. The number of anilines is 1. The molecule has 0 bridgehead atoms. The van der Waals surface area contributed by atoms with Gasteiger partial charge in [0.15, 0.2) is 5.13 Å². The van der Waals surface area contributed by atoms with Crippen LogP contribution in [0.4, 0.5) is 9.52 Å². The number of hydrogen-bond acceptors (Lipinski definition) is 4. The molecule has 2 rings (SSSR count). The van der Waals surface area contributed by atoms with E-state index in [4.69, 9.17) is 12.3 Å². The lowest BCUT2D eigenvalue weighted by molar-refractivity contribution is 0.604. The Morgan fingerprint density at radius 3 is 3.07 bits per heavy atom. The topological polar surface area (TPSA) is 43.3 Å². The van der Waals surface area contributed by atoms with Crippen LogP contribution in [0, 0.1) is 12.4 Å². The number of nitrogens with zero attached hydrogens (tertiary/aromatic N) is 2. The van der Waals surface area contributed by atoms with Crippen molar-refractivity contribution in [1.29, 1.82) is 0 Å². The van der Waals surface area contributed by atoms with E-state index >= 15 is 0 Å². The van der Waals surface area contributed by atoms with Crippen molar-refractivity contribution in [3.8, 4) is 0 Å². The Kier molecular flexibility index (Phi) is 2.27. The molecule has 3 nitrogen and oxygen atoms in total. The van der Waals surface area contributed by atoms with Crippen molar-refractivity contribution >= 4 is 38.6 Å². The zero-order chi connectivity index (χ0) is 10.1. The molecule has 0 radical (unpaired) electrons. The molecule has 1 aromatic heterocycles. The van der Waals surface area contributed by atoms with Crippen LogP contribution in [0.3, 0.4) is 0 Å². The molecular formula is C8H4FN3S2. The minimum atomic E-state index is -0.427. The summed E-state index contributed by atoms with van der Waals surface area (Å²) in [6.45, 7) is 6.63. The molecule has 0 spiro atoms. The van der Waals surface area contributed by atoms with Gasteiger partial charge >= 0.3 is 0 Å². The smallest absolute Gasteiger partial charge is 0.297 e. The zero-order valence-corrected chi connectivity index (χ0v) is 8.45. The Balaban J connectivity index is 2.65. The highest BCUT2D eigenvalue weighted by molar-refractivity contribution is 8.01. The van der Waals surface area contributed by atoms with Gasteiger partial charge in [-0.2, -0.15) is 0 Å². The van der Waals surface area contributed by atoms with Gasteiger partial charge in [-0.05, 0) is 6.07 Å². The van der Waals surface area contributed by atoms with Crippen LogP contribution in [-0.2, 0) is 0 Å². The van der Waals surface area contributed by atoms with Gasteiger partial charge in [0, 0.05) is 6.07 Å². The van der Waals surface area contributed by atoms with Gasteiger partial charge < -0.3 is 5.73 Å². The predicted molar refractivity (Wildman–Crippen MR) is 56.4 cm³/mol. The van der Waals surface area contributed by atoms with Gasteiger partial charge in [-0.15, -0.1) is 0 Å². The van der Waals surface area contributed by atoms with Gasteiger partial charge in [0.25, 0.3) is 11.9 Å². The second-order valence-corrected chi connectivity index (χ2v) is 4.35. The van der Waals surface area contributed by atoms with Crippen molar-refractivity contribution in [1.82, 2.24) is 4.98 Å². The molecule has 0 fully saturated rings. The summed E-state index contributed by atoms with van der Waals surface area (Å²) >= 11 is 2.07. The quantitative estimate of drug-likeness (QED) is 0.599. The highest BCUT2D eigenvalue weighted by atomic mass is 32.2. The van der Waals surface area contributed by atoms with Crippen molar-refractivity contribution < 1.29 is 4.39 Å². The molecule has 0 aliphatic rings. The second kappa shape index (κ2) is 3.44. The summed E-state index contributed by atoms with van der Waals surface area (Å²) < 4.78 is 17.1. The van der Waals surface area contributed by atoms with Gasteiger partial charge in [0.05, 0.1) is 10.2 Å². The average Bonchev–Trinajstić information content (AvgIpc) is 2.45. The van der Waals surface area contributed by atoms with Crippen molar-refractivity contribution in [3.63, 3.8) is 0 Å². The third-order valence-electron chi connectivity index (χ3n) is 1.60. The molecule has 2 aromatic rings. The number of nitrogen functional groups attached to an aromatic ring is 1. The predicted octanol–water partition coefficient (Wildman–Crippen LogP) is 2.94. The van der Waals surface area contributed by atoms with E-state index in [0.29, 0.717) is 15.5 Å². The highest BCUT2D eigenvalue weighted by Crippen LogP contribution is 2.31. The van der Waals surface area contributed by atoms with Crippen molar-refractivity contribution in [2.75, 3.05) is 5.73 Å². The summed E-state index contributed by atoms with van der Waals surface area (Å²) in [6, 6.07) is 2.90. The van der Waals surface area contributed by atoms with Gasteiger partial charge in [-0.25, -0.2) is 20.2 Å². The molecule has 0 amide bonds. The SMILES string of the molecule is [C-]#[N+]Sc1cc2sc(N)nc2cc1F. The van der Waals surface area contributed by atoms with Crippen LogP contribution in [0.25, 0.3) is 14.5 Å². The lowest BCUT2D eigenvalue weighted by Gasteiger charge is -1.92. The van der Waals surface area contributed by atoms with Gasteiger partial charge in [-0.3, -0.25) is 0 Å². The third kappa shape index (κ3) is 1.52. The summed E-state index contributed by atoms with van der Waals surface area (Å²) in [4.78, 5) is 4.26. The van der Waals surface area contributed by atoms with Gasteiger partial charge in [-0.1, -0.05) is 11.3 Å². The number of hydrogen-bond donors (Lipinski definition) is 1. The average molecular weight is 225 g/mol.